The van der Waals surface area contributed by atoms with Crippen molar-refractivity contribution in [2.24, 2.45) is 0 Å². The predicted molar refractivity (Wildman–Crippen MR) is 66.0 cm³/mol. The van der Waals surface area contributed by atoms with Gasteiger partial charge in [-0.25, -0.2) is 0 Å². The Morgan fingerprint density at radius 2 is 2.24 bits per heavy atom. The summed E-state index contributed by atoms with van der Waals surface area (Å²) in [4.78, 5) is 22.4. The number of imide groups is 1. The van der Waals surface area contributed by atoms with E-state index in [0.29, 0.717) is 17.9 Å². The Kier molecular flexibility index (Phi) is 3.23. The molecule has 2 rings (SSSR count). The van der Waals surface area contributed by atoms with E-state index in [1.165, 1.54) is 7.11 Å². The third-order valence-corrected chi connectivity index (χ3v) is 3.47. The molecule has 6 heteroatoms. The van der Waals surface area contributed by atoms with Crippen LogP contribution in [-0.4, -0.2) is 23.5 Å². The van der Waals surface area contributed by atoms with Crippen LogP contribution in [0.15, 0.2) is 18.2 Å². The van der Waals surface area contributed by atoms with Gasteiger partial charge in [-0.15, -0.1) is 0 Å². The van der Waals surface area contributed by atoms with Gasteiger partial charge in [0.05, 0.1) is 18.0 Å². The fourth-order valence-corrected chi connectivity index (χ4v) is 2.48. The number of anilines is 1. The Hall–Kier alpha value is -1.69. The van der Waals surface area contributed by atoms with Crippen molar-refractivity contribution < 1.29 is 14.3 Å². The molecule has 5 nitrogen and oxygen atoms in total. The van der Waals surface area contributed by atoms with E-state index in [0.717, 1.165) is 17.3 Å². The largest absolute Gasteiger partial charge is 0.495 e. The highest BCUT2D eigenvalue weighted by atomic mass is 32.2. The highest BCUT2D eigenvalue weighted by Gasteiger charge is 2.31. The Morgan fingerprint density at radius 3 is 2.82 bits per heavy atom. The predicted octanol–water partition coefficient (Wildman–Crippen LogP) is 1.17. The van der Waals surface area contributed by atoms with E-state index < -0.39 is 0 Å². The first-order valence-corrected chi connectivity index (χ1v) is 5.92. The van der Waals surface area contributed by atoms with Gasteiger partial charge in [-0.1, -0.05) is 17.8 Å². The van der Waals surface area contributed by atoms with Crippen molar-refractivity contribution in [3.63, 3.8) is 0 Å². The van der Waals surface area contributed by atoms with Crippen molar-refractivity contribution in [2.45, 2.75) is 11.7 Å². The van der Waals surface area contributed by atoms with Crippen LogP contribution in [0.25, 0.3) is 0 Å². The number of thioether (sulfide) groups is 1. The van der Waals surface area contributed by atoms with Crippen LogP contribution in [0.1, 0.15) is 5.56 Å². The van der Waals surface area contributed by atoms with Crippen molar-refractivity contribution in [2.75, 3.05) is 12.8 Å². The van der Waals surface area contributed by atoms with E-state index in [1.54, 1.807) is 12.1 Å². The maximum Gasteiger partial charge on any atom is 0.286 e. The van der Waals surface area contributed by atoms with E-state index in [-0.39, 0.29) is 16.4 Å². The molecule has 1 aliphatic heterocycles. The fraction of sp³-hybridized carbons (Fsp3) is 0.273. The molecule has 1 saturated heterocycles. The van der Waals surface area contributed by atoms with Crippen molar-refractivity contribution in [1.82, 2.24) is 5.32 Å². The van der Waals surface area contributed by atoms with Gasteiger partial charge in [0.1, 0.15) is 5.75 Å². The summed E-state index contributed by atoms with van der Waals surface area (Å²) in [6.07, 6.45) is 0.485. The summed E-state index contributed by atoms with van der Waals surface area (Å²) < 4.78 is 5.10. The molecule has 90 valence electrons. The number of nitrogen functional groups attached to an aromatic ring is 1. The van der Waals surface area contributed by atoms with Gasteiger partial charge in [0, 0.05) is 0 Å². The molecule has 2 amide bonds. The molecular formula is C11H12N2O3S. The molecule has 0 bridgehead atoms. The number of carbonyl (C=O) groups excluding carboxylic acids is 2. The van der Waals surface area contributed by atoms with Gasteiger partial charge in [-0.3, -0.25) is 14.9 Å². The number of methoxy groups -OCH3 is 1. The molecule has 1 aliphatic rings. The molecule has 0 aliphatic carbocycles. The van der Waals surface area contributed by atoms with Gasteiger partial charge in [0.2, 0.25) is 5.91 Å². The molecule has 3 N–H and O–H groups in total. The smallest absolute Gasteiger partial charge is 0.286 e. The van der Waals surface area contributed by atoms with E-state index in [4.69, 9.17) is 10.5 Å². The van der Waals surface area contributed by atoms with Gasteiger partial charge in [0.15, 0.2) is 0 Å². The number of nitrogens with one attached hydrogen (secondary N) is 1. The summed E-state index contributed by atoms with van der Waals surface area (Å²) in [5.74, 6) is 0.341. The minimum atomic E-state index is -0.365. The highest BCUT2D eigenvalue weighted by molar-refractivity contribution is 8.15. The summed E-state index contributed by atoms with van der Waals surface area (Å²) in [6.45, 7) is 0. The van der Waals surface area contributed by atoms with Crippen molar-refractivity contribution >= 4 is 28.6 Å². The van der Waals surface area contributed by atoms with Gasteiger partial charge in [-0.2, -0.15) is 0 Å². The lowest BCUT2D eigenvalue weighted by molar-refractivity contribution is -0.118. The van der Waals surface area contributed by atoms with E-state index in [2.05, 4.69) is 5.32 Å². The van der Waals surface area contributed by atoms with Crippen molar-refractivity contribution in [3.05, 3.63) is 23.8 Å². The number of ether oxygens (including phenoxy) is 1. The number of carbonyl (C=O) groups is 2. The third-order valence-electron chi connectivity index (χ3n) is 2.49. The van der Waals surface area contributed by atoms with Crippen LogP contribution < -0.4 is 15.8 Å². The molecule has 1 heterocycles. The monoisotopic (exact) mass is 252 g/mol. The molecular weight excluding hydrogens is 240 g/mol. The van der Waals surface area contributed by atoms with Crippen LogP contribution in [0.5, 0.6) is 5.75 Å². The molecule has 1 aromatic rings. The lowest BCUT2D eigenvalue weighted by atomic mass is 10.1. The second kappa shape index (κ2) is 4.67. The minimum Gasteiger partial charge on any atom is -0.495 e. The van der Waals surface area contributed by atoms with Crippen LogP contribution in [-0.2, 0) is 11.2 Å². The number of benzene rings is 1. The molecule has 1 fully saturated rings. The highest BCUT2D eigenvalue weighted by Crippen LogP contribution is 2.27. The van der Waals surface area contributed by atoms with Crippen LogP contribution in [0.2, 0.25) is 0 Å². The molecule has 0 spiro atoms. The summed E-state index contributed by atoms with van der Waals surface area (Å²) in [5, 5.41) is 1.60. The number of hydrogen-bond acceptors (Lipinski definition) is 5. The van der Waals surface area contributed by atoms with Gasteiger partial charge >= 0.3 is 0 Å². The molecule has 0 saturated carbocycles. The second-order valence-electron chi connectivity index (χ2n) is 3.66. The van der Waals surface area contributed by atoms with Gasteiger partial charge in [-0.05, 0) is 24.1 Å². The van der Waals surface area contributed by atoms with Crippen LogP contribution in [0.4, 0.5) is 10.5 Å². The topological polar surface area (TPSA) is 81.4 Å². The molecule has 1 atom stereocenters. The lowest BCUT2D eigenvalue weighted by Crippen LogP contribution is -2.25. The van der Waals surface area contributed by atoms with E-state index in [1.807, 2.05) is 6.07 Å². The number of rotatable bonds is 3. The second-order valence-corrected chi connectivity index (χ2v) is 4.84. The first-order valence-electron chi connectivity index (χ1n) is 5.04. The Balaban J connectivity index is 2.14. The Labute approximate surface area is 103 Å². The van der Waals surface area contributed by atoms with Crippen LogP contribution >= 0.6 is 11.8 Å². The Bertz CT molecular complexity index is 476. The molecule has 1 unspecified atom stereocenters. The van der Waals surface area contributed by atoms with E-state index >= 15 is 0 Å². The van der Waals surface area contributed by atoms with Crippen molar-refractivity contribution in [1.29, 1.82) is 0 Å². The summed E-state index contributed by atoms with van der Waals surface area (Å²) in [5.41, 5.74) is 7.16. The SMILES string of the molecule is COc1cc(CC2SC(=O)NC2=O)ccc1N. The minimum absolute atomic E-state index is 0.240. The first kappa shape index (κ1) is 11.8. The molecule has 0 aromatic heterocycles. The third kappa shape index (κ3) is 2.52. The zero-order valence-corrected chi connectivity index (χ0v) is 10.0. The van der Waals surface area contributed by atoms with Gasteiger partial charge < -0.3 is 10.5 Å². The zero-order chi connectivity index (χ0) is 12.4. The van der Waals surface area contributed by atoms with E-state index in [9.17, 15) is 9.59 Å². The molecule has 1 aromatic carbocycles. The number of hydrogen-bond donors (Lipinski definition) is 2. The number of amides is 2. The normalized spacial score (nSPS) is 19.2. The first-order chi connectivity index (χ1) is 8.10. The quantitative estimate of drug-likeness (QED) is 0.789. The van der Waals surface area contributed by atoms with Crippen LogP contribution in [0, 0.1) is 0 Å². The lowest BCUT2D eigenvalue weighted by Gasteiger charge is -2.09. The summed E-state index contributed by atoms with van der Waals surface area (Å²) in [7, 11) is 1.54. The average Bonchev–Trinajstić information content (AvgIpc) is 2.60. The fourth-order valence-electron chi connectivity index (χ4n) is 1.62. The Morgan fingerprint density at radius 1 is 1.47 bits per heavy atom. The average molecular weight is 252 g/mol. The maximum absolute atomic E-state index is 11.4. The zero-order valence-electron chi connectivity index (χ0n) is 9.23. The summed E-state index contributed by atoms with van der Waals surface area (Å²) >= 11 is 1.01. The molecule has 0 radical (unpaired) electrons. The summed E-state index contributed by atoms with van der Waals surface area (Å²) in [6, 6.07) is 5.34. The van der Waals surface area contributed by atoms with Crippen LogP contribution in [0.3, 0.4) is 0 Å². The van der Waals surface area contributed by atoms with Crippen molar-refractivity contribution in [3.8, 4) is 5.75 Å². The maximum atomic E-state index is 11.4. The number of nitrogens with two attached hydrogens (primary N) is 1. The van der Waals surface area contributed by atoms with Gasteiger partial charge in [0.25, 0.3) is 5.24 Å². The standard InChI is InChI=1S/C11H12N2O3S/c1-16-8-4-6(2-3-7(8)12)5-9-10(14)13-11(15)17-9/h2-4,9H,5,12H2,1H3,(H,13,14,15). The molecule has 17 heavy (non-hydrogen) atoms.